The first kappa shape index (κ1) is 14.4. The molecule has 0 unspecified atom stereocenters. The molecule has 0 aliphatic heterocycles. The maximum absolute atomic E-state index is 8.89. The number of hydrazone groups is 1. The Morgan fingerprint density at radius 2 is 2.19 bits per heavy atom. The van der Waals surface area contributed by atoms with Crippen molar-refractivity contribution in [1.29, 1.82) is 5.26 Å². The number of nitrogens with one attached hydrogen (secondary N) is 1. The molecule has 1 N–H and O–H groups in total. The van der Waals surface area contributed by atoms with Crippen molar-refractivity contribution in [2.45, 2.75) is 6.92 Å². The number of hydrogen-bond acceptors (Lipinski definition) is 7. The number of aryl methyl sites for hydroxylation is 1. The van der Waals surface area contributed by atoms with E-state index in [9.17, 15) is 0 Å². The van der Waals surface area contributed by atoms with Crippen LogP contribution in [0, 0.1) is 18.3 Å². The van der Waals surface area contributed by atoms with Crippen molar-refractivity contribution in [3.63, 3.8) is 0 Å². The Morgan fingerprint density at radius 3 is 2.86 bits per heavy atom. The van der Waals surface area contributed by atoms with E-state index in [1.165, 1.54) is 0 Å². The second-order valence-electron chi connectivity index (χ2n) is 4.00. The van der Waals surface area contributed by atoms with Gasteiger partial charge < -0.3 is 13.9 Å². The molecule has 0 spiro atoms. The van der Waals surface area contributed by atoms with Crippen LogP contribution in [0.4, 0.5) is 5.88 Å². The molecule has 2 aromatic rings. The highest BCUT2D eigenvalue weighted by atomic mass is 16.5. The molecule has 1 aromatic carbocycles. The molecule has 0 saturated heterocycles. The lowest BCUT2D eigenvalue weighted by Gasteiger charge is -2.06. The van der Waals surface area contributed by atoms with Gasteiger partial charge in [0.25, 0.3) is 5.88 Å². The third-order valence-electron chi connectivity index (χ3n) is 2.65. The number of benzene rings is 1. The Hall–Kier alpha value is -3.01. The van der Waals surface area contributed by atoms with Crippen LogP contribution in [-0.2, 0) is 0 Å². The Labute approximate surface area is 121 Å². The molecule has 108 valence electrons. The van der Waals surface area contributed by atoms with Gasteiger partial charge in [0.05, 0.1) is 20.4 Å². The van der Waals surface area contributed by atoms with Crippen molar-refractivity contribution >= 4 is 12.1 Å². The van der Waals surface area contributed by atoms with E-state index in [-0.39, 0.29) is 11.6 Å². The molecule has 0 saturated carbocycles. The summed E-state index contributed by atoms with van der Waals surface area (Å²) in [4.78, 5) is 3.91. The van der Waals surface area contributed by atoms with Crippen LogP contribution in [0.5, 0.6) is 11.5 Å². The van der Waals surface area contributed by atoms with Gasteiger partial charge in [-0.05, 0) is 12.1 Å². The molecule has 7 nitrogen and oxygen atoms in total. The van der Waals surface area contributed by atoms with Crippen LogP contribution in [-0.4, -0.2) is 25.4 Å². The molecule has 1 heterocycles. The quantitative estimate of drug-likeness (QED) is 0.669. The topological polar surface area (TPSA) is 92.7 Å². The van der Waals surface area contributed by atoms with Gasteiger partial charge in [0.1, 0.15) is 17.6 Å². The van der Waals surface area contributed by atoms with E-state index in [0.717, 1.165) is 5.56 Å². The summed E-state index contributed by atoms with van der Waals surface area (Å²) in [5.74, 6) is 1.91. The average Bonchev–Trinajstić information content (AvgIpc) is 2.87. The highest BCUT2D eigenvalue weighted by molar-refractivity contribution is 5.84. The lowest BCUT2D eigenvalue weighted by Crippen LogP contribution is -1.95. The monoisotopic (exact) mass is 286 g/mol. The molecule has 0 atom stereocenters. The fourth-order valence-electron chi connectivity index (χ4n) is 1.66. The van der Waals surface area contributed by atoms with Crippen molar-refractivity contribution in [1.82, 2.24) is 4.98 Å². The Bertz CT molecular complexity index is 701. The van der Waals surface area contributed by atoms with Crippen LogP contribution < -0.4 is 14.9 Å². The third kappa shape index (κ3) is 3.30. The first-order chi connectivity index (χ1) is 10.2. The normalized spacial score (nSPS) is 10.4. The van der Waals surface area contributed by atoms with Crippen LogP contribution in [0.3, 0.4) is 0 Å². The molecule has 0 aliphatic carbocycles. The summed E-state index contributed by atoms with van der Waals surface area (Å²) in [6.45, 7) is 1.65. The maximum atomic E-state index is 8.89. The molecule has 0 bridgehead atoms. The average molecular weight is 286 g/mol. The Morgan fingerprint density at radius 1 is 1.38 bits per heavy atom. The standard InChI is InChI=1S/C14H14N4O3/c1-9-17-12(7-15)14(21-9)18-16-8-10-4-5-11(19-2)6-13(10)20-3/h4-6,8,18H,1-3H3. The zero-order valence-corrected chi connectivity index (χ0v) is 11.9. The third-order valence-corrected chi connectivity index (χ3v) is 2.65. The van der Waals surface area contributed by atoms with Gasteiger partial charge in [-0.2, -0.15) is 10.4 Å². The van der Waals surface area contributed by atoms with Crippen molar-refractivity contribution in [3.8, 4) is 17.6 Å². The maximum Gasteiger partial charge on any atom is 0.252 e. The molecule has 1 aromatic heterocycles. The van der Waals surface area contributed by atoms with E-state index in [0.29, 0.717) is 17.4 Å². The Balaban J connectivity index is 2.16. The minimum absolute atomic E-state index is 0.159. The lowest BCUT2D eigenvalue weighted by molar-refractivity contribution is 0.394. The molecule has 0 aliphatic rings. The molecular formula is C14H14N4O3. The van der Waals surface area contributed by atoms with Gasteiger partial charge in [0.2, 0.25) is 5.69 Å². The number of nitrogens with zero attached hydrogens (tertiary/aromatic N) is 3. The number of hydrogen-bond donors (Lipinski definition) is 1. The van der Waals surface area contributed by atoms with E-state index < -0.39 is 0 Å². The summed E-state index contributed by atoms with van der Waals surface area (Å²) in [5, 5.41) is 12.9. The second-order valence-corrected chi connectivity index (χ2v) is 4.00. The number of nitriles is 1. The summed E-state index contributed by atoms with van der Waals surface area (Å²) in [6.07, 6.45) is 1.55. The molecule has 21 heavy (non-hydrogen) atoms. The molecular weight excluding hydrogens is 272 g/mol. The zero-order valence-electron chi connectivity index (χ0n) is 11.9. The fourth-order valence-corrected chi connectivity index (χ4v) is 1.66. The van der Waals surface area contributed by atoms with Crippen LogP contribution >= 0.6 is 0 Å². The van der Waals surface area contributed by atoms with Gasteiger partial charge >= 0.3 is 0 Å². The van der Waals surface area contributed by atoms with Gasteiger partial charge in [0, 0.05) is 18.6 Å². The van der Waals surface area contributed by atoms with Crippen molar-refractivity contribution < 1.29 is 13.9 Å². The van der Waals surface area contributed by atoms with Gasteiger partial charge in [-0.3, -0.25) is 0 Å². The van der Waals surface area contributed by atoms with Crippen molar-refractivity contribution in [3.05, 3.63) is 35.3 Å². The predicted molar refractivity (Wildman–Crippen MR) is 76.7 cm³/mol. The highest BCUT2D eigenvalue weighted by Crippen LogP contribution is 2.23. The first-order valence-electron chi connectivity index (χ1n) is 6.06. The predicted octanol–water partition coefficient (Wildman–Crippen LogP) is 2.32. The summed E-state index contributed by atoms with van der Waals surface area (Å²) in [5.41, 5.74) is 3.55. The summed E-state index contributed by atoms with van der Waals surface area (Å²) in [7, 11) is 3.15. The summed E-state index contributed by atoms with van der Waals surface area (Å²) >= 11 is 0. The number of rotatable bonds is 5. The van der Waals surface area contributed by atoms with Crippen molar-refractivity contribution in [2.24, 2.45) is 5.10 Å². The van der Waals surface area contributed by atoms with E-state index in [4.69, 9.17) is 19.2 Å². The number of aromatic nitrogens is 1. The van der Waals surface area contributed by atoms with Gasteiger partial charge in [0.15, 0.2) is 5.89 Å². The van der Waals surface area contributed by atoms with Gasteiger partial charge in [-0.25, -0.2) is 10.4 Å². The largest absolute Gasteiger partial charge is 0.497 e. The smallest absolute Gasteiger partial charge is 0.252 e. The fraction of sp³-hybridized carbons (Fsp3) is 0.214. The van der Waals surface area contributed by atoms with Crippen molar-refractivity contribution in [2.75, 3.05) is 19.6 Å². The number of oxazole rings is 1. The SMILES string of the molecule is COc1ccc(C=NNc2oc(C)nc2C#N)c(OC)c1. The number of ether oxygens (including phenoxy) is 2. The zero-order chi connectivity index (χ0) is 15.2. The minimum Gasteiger partial charge on any atom is -0.497 e. The molecule has 0 amide bonds. The Kier molecular flexibility index (Phi) is 4.41. The second kappa shape index (κ2) is 6.43. The summed E-state index contributed by atoms with van der Waals surface area (Å²) < 4.78 is 15.6. The minimum atomic E-state index is 0.159. The molecule has 0 radical (unpaired) electrons. The van der Waals surface area contributed by atoms with E-state index in [2.05, 4.69) is 15.5 Å². The molecule has 0 fully saturated rings. The van der Waals surface area contributed by atoms with E-state index in [1.807, 2.05) is 6.07 Å². The van der Waals surface area contributed by atoms with Crippen LogP contribution in [0.15, 0.2) is 27.7 Å². The van der Waals surface area contributed by atoms with Crippen LogP contribution in [0.25, 0.3) is 0 Å². The summed E-state index contributed by atoms with van der Waals surface area (Å²) in [6, 6.07) is 7.27. The first-order valence-corrected chi connectivity index (χ1v) is 6.06. The molecule has 7 heteroatoms. The van der Waals surface area contributed by atoms with E-state index in [1.54, 1.807) is 45.6 Å². The van der Waals surface area contributed by atoms with Gasteiger partial charge in [-0.1, -0.05) is 0 Å². The lowest BCUT2D eigenvalue weighted by atomic mass is 10.2. The van der Waals surface area contributed by atoms with E-state index >= 15 is 0 Å². The van der Waals surface area contributed by atoms with Gasteiger partial charge in [-0.15, -0.1) is 0 Å². The molecule has 2 rings (SSSR count). The number of anilines is 1. The number of methoxy groups -OCH3 is 2. The van der Waals surface area contributed by atoms with Crippen LogP contribution in [0.2, 0.25) is 0 Å². The van der Waals surface area contributed by atoms with Crippen LogP contribution in [0.1, 0.15) is 17.1 Å². The highest BCUT2D eigenvalue weighted by Gasteiger charge is 2.09.